The number of hydrogen-bond acceptors (Lipinski definition) is 4. The summed E-state index contributed by atoms with van der Waals surface area (Å²) in [7, 11) is 1.38. The van der Waals surface area contributed by atoms with E-state index in [1.54, 1.807) is 31.2 Å². The van der Waals surface area contributed by atoms with E-state index in [-0.39, 0.29) is 29.2 Å². The fourth-order valence-electron chi connectivity index (χ4n) is 5.20. The first-order chi connectivity index (χ1) is 17.0. The number of nitrogens with zero attached hydrogens (tertiary/aromatic N) is 1. The Labute approximate surface area is 206 Å². The lowest BCUT2D eigenvalue weighted by Gasteiger charge is -2.43. The van der Waals surface area contributed by atoms with Gasteiger partial charge in [0.1, 0.15) is 17.2 Å². The molecule has 2 N–H and O–H groups in total. The van der Waals surface area contributed by atoms with Crippen molar-refractivity contribution in [3.8, 4) is 17.2 Å². The normalized spacial score (nSPS) is 18.7. The van der Waals surface area contributed by atoms with Crippen LogP contribution in [0.2, 0.25) is 0 Å². The van der Waals surface area contributed by atoms with Gasteiger partial charge in [-0.25, -0.2) is 13.6 Å². The average molecular weight is 494 g/mol. The number of phenols is 1. The molecule has 2 heterocycles. The van der Waals surface area contributed by atoms with E-state index in [1.807, 2.05) is 24.5 Å². The first-order valence-corrected chi connectivity index (χ1v) is 11.4. The molecule has 0 spiro atoms. The minimum absolute atomic E-state index is 0.0216. The summed E-state index contributed by atoms with van der Waals surface area (Å²) in [5.41, 5.74) is 0.534. The zero-order valence-corrected chi connectivity index (χ0v) is 20.2. The van der Waals surface area contributed by atoms with Crippen LogP contribution >= 0.6 is 0 Å². The number of phenolic OH excluding ortho intramolecular Hbond substituents is 1. The monoisotopic (exact) mass is 493 g/mol. The van der Waals surface area contributed by atoms with Gasteiger partial charge in [0.25, 0.3) is 0 Å². The quantitative estimate of drug-likeness (QED) is 0.370. The third-order valence-corrected chi connectivity index (χ3v) is 6.93. The highest BCUT2D eigenvalue weighted by molar-refractivity contribution is 5.94. The second kappa shape index (κ2) is 8.06. The molecule has 6 nitrogen and oxygen atoms in total. The van der Waals surface area contributed by atoms with E-state index in [9.17, 15) is 19.4 Å². The van der Waals surface area contributed by atoms with Crippen molar-refractivity contribution in [2.45, 2.75) is 31.8 Å². The summed E-state index contributed by atoms with van der Waals surface area (Å²) in [5, 5.41) is 20.8. The van der Waals surface area contributed by atoms with Gasteiger partial charge in [0.15, 0.2) is 11.6 Å². The summed E-state index contributed by atoms with van der Waals surface area (Å²) in [6.07, 6.45) is 0. The lowest BCUT2D eigenvalue weighted by Crippen LogP contribution is -2.43. The number of benzene rings is 3. The molecule has 4 aromatic rings. The maximum absolute atomic E-state index is 15.4. The van der Waals surface area contributed by atoms with Gasteiger partial charge in [-0.3, -0.25) is 0 Å². The fourth-order valence-corrected chi connectivity index (χ4v) is 5.20. The van der Waals surface area contributed by atoms with Crippen LogP contribution in [0.25, 0.3) is 16.6 Å². The molecule has 1 aliphatic rings. The standard InChI is InChI=1S/C28H25F2NO5/c1-27(2)14-36-28(3,17-10-8-15(26(33)34)12-19(17)30)24-23-20(6-5-7-21(23)32)31(25(24)27)16-9-11-18(29)22(13-16)35-4/h5-13,32H,14H2,1-4H3,(H,33,34). The largest absolute Gasteiger partial charge is 0.507 e. The van der Waals surface area contributed by atoms with E-state index in [2.05, 4.69) is 0 Å². The Morgan fingerprint density at radius 1 is 1.06 bits per heavy atom. The molecule has 36 heavy (non-hydrogen) atoms. The number of aromatic nitrogens is 1. The second-order valence-corrected chi connectivity index (χ2v) is 9.75. The SMILES string of the molecule is COc1cc(-n2c3c(c4c(O)cccc42)C(C)(c2ccc(C(=O)O)cc2F)OCC3(C)C)ccc1F. The predicted octanol–water partition coefficient (Wildman–Crippen LogP) is 5.89. The molecule has 0 radical (unpaired) electrons. The van der Waals surface area contributed by atoms with Gasteiger partial charge in [0.2, 0.25) is 0 Å². The summed E-state index contributed by atoms with van der Waals surface area (Å²) >= 11 is 0. The first-order valence-electron chi connectivity index (χ1n) is 11.4. The van der Waals surface area contributed by atoms with Gasteiger partial charge in [-0.15, -0.1) is 0 Å². The molecule has 8 heteroatoms. The maximum atomic E-state index is 15.4. The van der Waals surface area contributed by atoms with Gasteiger partial charge >= 0.3 is 5.97 Å². The van der Waals surface area contributed by atoms with Crippen LogP contribution in [-0.4, -0.2) is 34.5 Å². The minimum Gasteiger partial charge on any atom is -0.507 e. The Morgan fingerprint density at radius 2 is 1.81 bits per heavy atom. The summed E-state index contributed by atoms with van der Waals surface area (Å²) in [4.78, 5) is 11.4. The Kier molecular flexibility index (Phi) is 5.33. The fraction of sp³-hybridized carbons (Fsp3) is 0.250. The Hall–Kier alpha value is -3.91. The highest BCUT2D eigenvalue weighted by Gasteiger charge is 2.48. The van der Waals surface area contributed by atoms with Crippen LogP contribution in [0.5, 0.6) is 11.5 Å². The third kappa shape index (κ3) is 3.36. The number of ether oxygens (including phenoxy) is 2. The van der Waals surface area contributed by atoms with Crippen molar-refractivity contribution in [1.29, 1.82) is 0 Å². The molecule has 0 bridgehead atoms. The van der Waals surface area contributed by atoms with Crippen LogP contribution in [-0.2, 0) is 15.8 Å². The number of hydrogen-bond donors (Lipinski definition) is 2. The zero-order chi connectivity index (χ0) is 26.0. The van der Waals surface area contributed by atoms with Crippen LogP contribution in [0.15, 0.2) is 54.6 Å². The van der Waals surface area contributed by atoms with Gasteiger partial charge in [-0.2, -0.15) is 0 Å². The number of halogens is 2. The smallest absolute Gasteiger partial charge is 0.335 e. The van der Waals surface area contributed by atoms with Crippen LogP contribution in [0, 0.1) is 11.6 Å². The number of fused-ring (bicyclic) bond motifs is 3. The molecule has 1 unspecified atom stereocenters. The van der Waals surface area contributed by atoms with Crippen molar-refractivity contribution in [3.63, 3.8) is 0 Å². The van der Waals surface area contributed by atoms with Crippen LogP contribution in [0.1, 0.15) is 48.0 Å². The maximum Gasteiger partial charge on any atom is 0.335 e. The highest BCUT2D eigenvalue weighted by atomic mass is 19.1. The van der Waals surface area contributed by atoms with E-state index < -0.39 is 28.6 Å². The van der Waals surface area contributed by atoms with Crippen molar-refractivity contribution in [2.75, 3.05) is 13.7 Å². The first kappa shape index (κ1) is 23.8. The minimum atomic E-state index is -1.36. The lowest BCUT2D eigenvalue weighted by molar-refractivity contribution is -0.0456. The van der Waals surface area contributed by atoms with Gasteiger partial charge in [0.05, 0.1) is 24.8 Å². The van der Waals surface area contributed by atoms with Crippen LogP contribution in [0.3, 0.4) is 0 Å². The molecule has 0 amide bonds. The van der Waals surface area contributed by atoms with Crippen molar-refractivity contribution in [3.05, 3.63) is 88.6 Å². The Bertz CT molecular complexity index is 1540. The number of carboxylic acid groups (broad SMARTS) is 1. The summed E-state index contributed by atoms with van der Waals surface area (Å²) < 4.78 is 43.2. The van der Waals surface area contributed by atoms with E-state index in [0.717, 1.165) is 11.8 Å². The van der Waals surface area contributed by atoms with Crippen LogP contribution < -0.4 is 4.74 Å². The molecule has 0 saturated carbocycles. The molecule has 0 saturated heterocycles. The molecule has 1 aromatic heterocycles. The molecule has 1 aliphatic heterocycles. The second-order valence-electron chi connectivity index (χ2n) is 9.75. The number of aromatic carboxylic acids is 1. The van der Waals surface area contributed by atoms with Gasteiger partial charge in [-0.05, 0) is 43.3 Å². The molecule has 1 atom stereocenters. The molecule has 3 aromatic carbocycles. The third-order valence-electron chi connectivity index (χ3n) is 6.93. The number of rotatable bonds is 4. The van der Waals surface area contributed by atoms with E-state index in [4.69, 9.17) is 9.47 Å². The van der Waals surface area contributed by atoms with Gasteiger partial charge in [-0.1, -0.05) is 26.0 Å². The lowest BCUT2D eigenvalue weighted by atomic mass is 9.75. The van der Waals surface area contributed by atoms with E-state index in [1.165, 1.54) is 25.3 Å². The number of carbonyl (C=O) groups is 1. The molecule has 0 aliphatic carbocycles. The van der Waals surface area contributed by atoms with Crippen molar-refractivity contribution in [1.82, 2.24) is 4.57 Å². The van der Waals surface area contributed by atoms with Crippen molar-refractivity contribution < 1.29 is 33.3 Å². The van der Waals surface area contributed by atoms with Gasteiger partial charge in [0, 0.05) is 39.4 Å². The number of aromatic hydroxyl groups is 1. The summed E-state index contributed by atoms with van der Waals surface area (Å²) in [6, 6.07) is 13.3. The van der Waals surface area contributed by atoms with Crippen molar-refractivity contribution >= 4 is 16.9 Å². The Morgan fingerprint density at radius 3 is 2.47 bits per heavy atom. The highest BCUT2D eigenvalue weighted by Crippen LogP contribution is 2.52. The van der Waals surface area contributed by atoms with E-state index >= 15 is 4.39 Å². The summed E-state index contributed by atoms with van der Waals surface area (Å²) in [6.45, 7) is 5.86. The average Bonchev–Trinajstić information content (AvgIpc) is 3.21. The number of carboxylic acids is 1. The number of methoxy groups -OCH3 is 1. The summed E-state index contributed by atoms with van der Waals surface area (Å²) in [5.74, 6) is -2.44. The van der Waals surface area contributed by atoms with E-state index in [0.29, 0.717) is 22.2 Å². The zero-order valence-electron chi connectivity index (χ0n) is 20.2. The molecule has 0 fully saturated rings. The van der Waals surface area contributed by atoms with Gasteiger partial charge < -0.3 is 24.3 Å². The topological polar surface area (TPSA) is 80.9 Å². The molecule has 186 valence electrons. The molecular weight excluding hydrogens is 468 g/mol. The molecule has 5 rings (SSSR count). The Balaban J connectivity index is 1.90. The predicted molar refractivity (Wildman–Crippen MR) is 130 cm³/mol. The molecular formula is C28H25F2NO5. The van der Waals surface area contributed by atoms with Crippen molar-refractivity contribution in [2.24, 2.45) is 0 Å². The van der Waals surface area contributed by atoms with Crippen LogP contribution in [0.4, 0.5) is 8.78 Å².